The number of nitriles is 1. The van der Waals surface area contributed by atoms with Crippen LogP contribution in [0.4, 0.5) is 0 Å². The Labute approximate surface area is 348 Å². The van der Waals surface area contributed by atoms with Crippen LogP contribution >= 0.6 is 11.3 Å². The van der Waals surface area contributed by atoms with E-state index in [9.17, 15) is 5.26 Å². The average Bonchev–Trinajstić information content (AvgIpc) is 4.04. The highest BCUT2D eigenvalue weighted by Crippen LogP contribution is 2.45. The second kappa shape index (κ2) is 12.5. The lowest BCUT2D eigenvalue weighted by molar-refractivity contribution is 1.14. The van der Waals surface area contributed by atoms with E-state index in [4.69, 9.17) is 0 Å². The lowest BCUT2D eigenvalue weighted by Crippen LogP contribution is -2.01. The molecule has 0 N–H and O–H groups in total. The van der Waals surface area contributed by atoms with Crippen LogP contribution in [0, 0.1) is 11.3 Å². The number of hydrogen-bond acceptors (Lipinski definition) is 2. The van der Waals surface area contributed by atoms with Gasteiger partial charge in [0.2, 0.25) is 0 Å². The van der Waals surface area contributed by atoms with E-state index in [-0.39, 0.29) is 0 Å². The van der Waals surface area contributed by atoms with Crippen molar-refractivity contribution in [3.63, 3.8) is 0 Å². The van der Waals surface area contributed by atoms with Crippen molar-refractivity contribution in [2.75, 3.05) is 0 Å². The first kappa shape index (κ1) is 33.1. The van der Waals surface area contributed by atoms with E-state index in [0.29, 0.717) is 5.56 Å². The molecule has 0 aliphatic rings. The lowest BCUT2D eigenvalue weighted by atomic mass is 10.0. The van der Waals surface area contributed by atoms with Gasteiger partial charge in [0.05, 0.1) is 50.4 Å². The Morgan fingerprint density at radius 2 is 1.07 bits per heavy atom. The third-order valence-electron chi connectivity index (χ3n) is 12.4. The number of thiophene rings is 1. The third-order valence-corrected chi connectivity index (χ3v) is 13.6. The van der Waals surface area contributed by atoms with Gasteiger partial charge < -0.3 is 13.7 Å². The van der Waals surface area contributed by atoms with E-state index < -0.39 is 0 Å². The second-order valence-corrected chi connectivity index (χ2v) is 16.7. The molecule has 13 rings (SSSR count). The highest BCUT2D eigenvalue weighted by Gasteiger charge is 2.23. The molecule has 0 spiro atoms. The summed E-state index contributed by atoms with van der Waals surface area (Å²) < 4.78 is 9.88. The van der Waals surface area contributed by atoms with E-state index in [1.54, 1.807) is 0 Å². The fourth-order valence-electron chi connectivity index (χ4n) is 9.92. The maximum atomic E-state index is 10.0. The van der Waals surface area contributed by atoms with Crippen molar-refractivity contribution in [3.05, 3.63) is 200 Å². The Morgan fingerprint density at radius 3 is 1.87 bits per heavy atom. The topological polar surface area (TPSA) is 38.6 Å². The normalized spacial score (nSPS) is 12.0. The van der Waals surface area contributed by atoms with Gasteiger partial charge in [0.15, 0.2) is 0 Å². The van der Waals surface area contributed by atoms with Crippen molar-refractivity contribution in [2.45, 2.75) is 0 Å². The van der Waals surface area contributed by atoms with Crippen LogP contribution in [0.15, 0.2) is 194 Å². The summed E-state index contributed by atoms with van der Waals surface area (Å²) in [4.78, 5) is 0. The molecule has 0 aliphatic heterocycles. The van der Waals surface area contributed by atoms with E-state index >= 15 is 0 Å². The van der Waals surface area contributed by atoms with E-state index in [2.05, 4.69) is 196 Å². The van der Waals surface area contributed by atoms with Gasteiger partial charge in [-0.05, 0) is 84.4 Å². The molecule has 0 saturated heterocycles. The minimum atomic E-state index is 0.636. The number of hydrogen-bond donors (Lipinski definition) is 0. The Balaban J connectivity index is 1.16. The predicted molar refractivity (Wildman–Crippen MR) is 252 cm³/mol. The summed E-state index contributed by atoms with van der Waals surface area (Å²) in [5, 5.41) is 19.9. The fourth-order valence-corrected chi connectivity index (χ4v) is 11.0. The molecular formula is C55H32N4S. The molecule has 13 aromatic rings. The molecule has 0 amide bonds. The maximum Gasteiger partial charge on any atom is 0.0991 e. The number of fused-ring (bicyclic) bond motifs is 13. The van der Waals surface area contributed by atoms with Gasteiger partial charge in [-0.1, -0.05) is 115 Å². The van der Waals surface area contributed by atoms with Gasteiger partial charge in [-0.2, -0.15) is 5.26 Å². The zero-order chi connectivity index (χ0) is 39.5. The summed E-state index contributed by atoms with van der Waals surface area (Å²) in [6.45, 7) is 0. The quantitative estimate of drug-likeness (QED) is 0.175. The van der Waals surface area contributed by atoms with Crippen LogP contribution in [0.25, 0.3) is 114 Å². The molecule has 0 radical (unpaired) electrons. The third kappa shape index (κ3) is 4.59. The Hall–Kier alpha value is -7.91. The smallest absolute Gasteiger partial charge is 0.0991 e. The largest absolute Gasteiger partial charge is 0.309 e. The maximum absolute atomic E-state index is 10.0. The molecule has 60 heavy (non-hydrogen) atoms. The molecule has 0 aliphatic carbocycles. The minimum absolute atomic E-state index is 0.636. The average molecular weight is 781 g/mol. The summed E-state index contributed by atoms with van der Waals surface area (Å²) >= 11 is 1.85. The summed E-state index contributed by atoms with van der Waals surface area (Å²) in [6, 6.07) is 72.4. The van der Waals surface area contributed by atoms with Crippen LogP contribution in [0.3, 0.4) is 0 Å². The molecule has 0 saturated carbocycles. The fraction of sp³-hybridized carbons (Fsp3) is 0. The summed E-state index contributed by atoms with van der Waals surface area (Å²) in [5.41, 5.74) is 12.9. The second-order valence-electron chi connectivity index (χ2n) is 15.6. The van der Waals surface area contributed by atoms with Crippen molar-refractivity contribution in [2.24, 2.45) is 0 Å². The molecule has 0 bridgehead atoms. The van der Waals surface area contributed by atoms with Gasteiger partial charge in [-0.15, -0.1) is 11.3 Å². The summed E-state index contributed by atoms with van der Waals surface area (Å²) in [5.74, 6) is 0. The molecule has 0 fully saturated rings. The van der Waals surface area contributed by atoms with Crippen molar-refractivity contribution < 1.29 is 0 Å². The number of nitrogens with zero attached hydrogens (tertiary/aromatic N) is 4. The SMILES string of the molecule is N#Cc1cccc(-c2ccc(-n3c4ccccc4c4c3ccc3c5ccccc5n(-c5ccccc5)c34)cc2-n2c3ccccc3c3cc4c(cc32)sc2ccccc24)c1. The molecule has 9 aromatic carbocycles. The van der Waals surface area contributed by atoms with Crippen molar-refractivity contribution >= 4 is 96.9 Å². The molecule has 4 nitrogen and oxygen atoms in total. The monoisotopic (exact) mass is 780 g/mol. The highest BCUT2D eigenvalue weighted by molar-refractivity contribution is 7.25. The van der Waals surface area contributed by atoms with Crippen LogP contribution in [-0.4, -0.2) is 13.7 Å². The van der Waals surface area contributed by atoms with Gasteiger partial charge in [-0.25, -0.2) is 0 Å². The van der Waals surface area contributed by atoms with Gasteiger partial charge in [-0.3, -0.25) is 0 Å². The molecular weight excluding hydrogens is 749 g/mol. The standard InChI is InChI=1S/C55H32N4S/c56-33-34-13-12-14-35(29-34)38-26-25-37(30-50(38)59-47-22-9-5-18-40(47)44-31-45-41-19-7-11-24-52(41)60-53(45)32-51(44)59)57-48-23-10-6-20-43(48)54-49(57)28-27-42-39-17-4-8-21-46(39)58(55(42)54)36-15-2-1-3-16-36/h1-32H. The lowest BCUT2D eigenvalue weighted by Gasteiger charge is -2.18. The van der Waals surface area contributed by atoms with Gasteiger partial charge >= 0.3 is 0 Å². The van der Waals surface area contributed by atoms with Crippen LogP contribution in [-0.2, 0) is 0 Å². The van der Waals surface area contributed by atoms with Gasteiger partial charge in [0.25, 0.3) is 0 Å². The molecule has 4 aromatic heterocycles. The number of benzene rings is 9. The first-order valence-electron chi connectivity index (χ1n) is 20.2. The van der Waals surface area contributed by atoms with Crippen molar-refractivity contribution in [3.8, 4) is 34.3 Å². The summed E-state index contributed by atoms with van der Waals surface area (Å²) in [7, 11) is 0. The zero-order valence-electron chi connectivity index (χ0n) is 32.2. The number of aromatic nitrogens is 3. The van der Waals surface area contributed by atoms with Crippen molar-refractivity contribution in [1.29, 1.82) is 5.26 Å². The van der Waals surface area contributed by atoms with Crippen LogP contribution in [0.1, 0.15) is 5.56 Å². The zero-order valence-corrected chi connectivity index (χ0v) is 33.0. The molecule has 278 valence electrons. The molecule has 0 atom stereocenters. The van der Waals surface area contributed by atoms with Crippen molar-refractivity contribution in [1.82, 2.24) is 13.7 Å². The Morgan fingerprint density at radius 1 is 0.383 bits per heavy atom. The number of para-hydroxylation sites is 4. The predicted octanol–water partition coefficient (Wildman–Crippen LogP) is 14.9. The highest BCUT2D eigenvalue weighted by atomic mass is 32.1. The van der Waals surface area contributed by atoms with Gasteiger partial charge in [0.1, 0.15) is 0 Å². The molecule has 4 heterocycles. The van der Waals surface area contributed by atoms with Gasteiger partial charge in [0, 0.05) is 69.4 Å². The van der Waals surface area contributed by atoms with E-state index in [1.165, 1.54) is 63.5 Å². The Kier molecular flexibility index (Phi) is 6.92. The van der Waals surface area contributed by atoms with Crippen LogP contribution in [0.2, 0.25) is 0 Å². The van der Waals surface area contributed by atoms with Crippen LogP contribution < -0.4 is 0 Å². The minimum Gasteiger partial charge on any atom is -0.309 e. The molecule has 0 unspecified atom stereocenters. The summed E-state index contributed by atoms with van der Waals surface area (Å²) in [6.07, 6.45) is 0. The van der Waals surface area contributed by atoms with E-state index in [0.717, 1.165) is 50.3 Å². The number of rotatable bonds is 4. The van der Waals surface area contributed by atoms with E-state index in [1.807, 2.05) is 29.5 Å². The molecule has 5 heteroatoms. The van der Waals surface area contributed by atoms with Crippen LogP contribution in [0.5, 0.6) is 0 Å². The Bertz CT molecular complexity index is 3960. The first-order chi connectivity index (χ1) is 29.7. The first-order valence-corrected chi connectivity index (χ1v) is 21.1.